The monoisotopic (exact) mass is 341 g/mol. The number of aromatic nitrogens is 3. The zero-order chi connectivity index (χ0) is 17.6. The molecule has 1 aliphatic rings. The summed E-state index contributed by atoms with van der Waals surface area (Å²) >= 11 is 0. The van der Waals surface area contributed by atoms with Crippen molar-refractivity contribution in [2.45, 2.75) is 33.2 Å². The van der Waals surface area contributed by atoms with Gasteiger partial charge < -0.3 is 10.2 Å². The van der Waals surface area contributed by atoms with Gasteiger partial charge in [0, 0.05) is 50.5 Å². The second-order valence-corrected chi connectivity index (χ2v) is 7.19. The maximum absolute atomic E-state index is 12.3. The summed E-state index contributed by atoms with van der Waals surface area (Å²) in [5.74, 6) is 1.03. The number of nitrogens with zero attached hydrogens (tertiary/aromatic N) is 4. The summed E-state index contributed by atoms with van der Waals surface area (Å²) in [4.78, 5) is 18.7. The lowest BCUT2D eigenvalue weighted by atomic mass is 9.96. The topological polar surface area (TPSA) is 63.1 Å². The first-order valence-corrected chi connectivity index (χ1v) is 9.07. The van der Waals surface area contributed by atoms with Gasteiger partial charge >= 0.3 is 0 Å². The van der Waals surface area contributed by atoms with E-state index in [4.69, 9.17) is 0 Å². The molecule has 3 rings (SSSR count). The van der Waals surface area contributed by atoms with Crippen LogP contribution in [0.2, 0.25) is 0 Å². The van der Waals surface area contributed by atoms with Crippen molar-refractivity contribution in [1.29, 1.82) is 0 Å². The van der Waals surface area contributed by atoms with Crippen molar-refractivity contribution < 1.29 is 4.79 Å². The molecule has 1 amide bonds. The first-order valence-electron chi connectivity index (χ1n) is 9.07. The average molecular weight is 341 g/mol. The predicted molar refractivity (Wildman–Crippen MR) is 98.6 cm³/mol. The fourth-order valence-corrected chi connectivity index (χ4v) is 3.24. The third kappa shape index (κ3) is 4.81. The maximum Gasteiger partial charge on any atom is 0.254 e. The lowest BCUT2D eigenvalue weighted by Crippen LogP contribution is -2.38. The number of nitrogens with one attached hydrogen (secondary N) is 1. The first kappa shape index (κ1) is 17.5. The zero-order valence-electron chi connectivity index (χ0n) is 15.1. The van der Waals surface area contributed by atoms with Gasteiger partial charge in [0.15, 0.2) is 0 Å². The number of hydrogen-bond donors (Lipinski definition) is 1. The largest absolute Gasteiger partial charge is 0.371 e. The summed E-state index contributed by atoms with van der Waals surface area (Å²) in [6, 6.07) is 4.10. The Hall–Kier alpha value is -2.37. The summed E-state index contributed by atoms with van der Waals surface area (Å²) in [5, 5.41) is 7.33. The van der Waals surface area contributed by atoms with E-state index in [0.29, 0.717) is 17.4 Å². The van der Waals surface area contributed by atoms with Gasteiger partial charge in [0.1, 0.15) is 0 Å². The molecule has 6 nitrogen and oxygen atoms in total. The van der Waals surface area contributed by atoms with Crippen LogP contribution in [0.1, 0.15) is 37.0 Å². The molecule has 2 aromatic heterocycles. The number of carbonyl (C=O) groups is 1. The van der Waals surface area contributed by atoms with Crippen LogP contribution in [0.15, 0.2) is 36.9 Å². The van der Waals surface area contributed by atoms with E-state index < -0.39 is 0 Å². The lowest BCUT2D eigenvalue weighted by molar-refractivity contribution is 0.0944. The molecule has 0 atom stereocenters. The highest BCUT2D eigenvalue weighted by atomic mass is 16.1. The van der Waals surface area contributed by atoms with Crippen LogP contribution < -0.4 is 10.2 Å². The van der Waals surface area contributed by atoms with Gasteiger partial charge in [-0.1, -0.05) is 13.8 Å². The Morgan fingerprint density at radius 2 is 2.00 bits per heavy atom. The molecule has 0 aromatic carbocycles. The summed E-state index contributed by atoms with van der Waals surface area (Å²) in [6.07, 6.45) is 9.34. The number of piperidine rings is 1. The standard InChI is InChI=1S/C19H27N5O/c1-15(2)13-24-14-17(12-22-24)19(25)21-11-16-5-9-23(10-6-16)18-3-7-20-8-4-18/h3-4,7-8,12,14-16H,5-6,9-11,13H2,1-2H3,(H,21,25). The third-order valence-electron chi connectivity index (χ3n) is 4.64. The number of anilines is 1. The van der Waals surface area contributed by atoms with Crippen LogP contribution in [0.4, 0.5) is 5.69 Å². The van der Waals surface area contributed by atoms with E-state index in [1.54, 1.807) is 6.20 Å². The van der Waals surface area contributed by atoms with Gasteiger partial charge in [0.05, 0.1) is 11.8 Å². The minimum atomic E-state index is -0.0217. The van der Waals surface area contributed by atoms with Crippen LogP contribution in [0, 0.1) is 11.8 Å². The Balaban J connectivity index is 1.43. The minimum Gasteiger partial charge on any atom is -0.371 e. The van der Waals surface area contributed by atoms with E-state index in [-0.39, 0.29) is 5.91 Å². The SMILES string of the molecule is CC(C)Cn1cc(C(=O)NCC2CCN(c3ccncc3)CC2)cn1. The van der Waals surface area contributed by atoms with Crippen molar-refractivity contribution in [3.05, 3.63) is 42.5 Å². The van der Waals surface area contributed by atoms with Crippen molar-refractivity contribution in [2.24, 2.45) is 11.8 Å². The highest BCUT2D eigenvalue weighted by Crippen LogP contribution is 2.22. The Morgan fingerprint density at radius 1 is 1.28 bits per heavy atom. The fraction of sp³-hybridized carbons (Fsp3) is 0.526. The summed E-state index contributed by atoms with van der Waals surface area (Å²) in [7, 11) is 0. The first-order chi connectivity index (χ1) is 12.1. The number of rotatable bonds is 6. The molecule has 1 aliphatic heterocycles. The second-order valence-electron chi connectivity index (χ2n) is 7.19. The highest BCUT2D eigenvalue weighted by molar-refractivity contribution is 5.93. The molecule has 0 unspecified atom stereocenters. The number of pyridine rings is 1. The van der Waals surface area contributed by atoms with Gasteiger partial charge in [-0.2, -0.15) is 5.10 Å². The molecule has 0 aliphatic carbocycles. The van der Waals surface area contributed by atoms with Gasteiger partial charge in [-0.25, -0.2) is 0 Å². The molecule has 3 heterocycles. The molecule has 134 valence electrons. The highest BCUT2D eigenvalue weighted by Gasteiger charge is 2.20. The normalized spacial score (nSPS) is 15.6. The molecular weight excluding hydrogens is 314 g/mol. The van der Waals surface area contributed by atoms with Gasteiger partial charge in [-0.05, 0) is 36.8 Å². The van der Waals surface area contributed by atoms with Gasteiger partial charge in [0.2, 0.25) is 0 Å². The molecule has 0 radical (unpaired) electrons. The van der Waals surface area contributed by atoms with Crippen LogP contribution in [-0.2, 0) is 6.54 Å². The van der Waals surface area contributed by atoms with Gasteiger partial charge in [-0.3, -0.25) is 14.5 Å². The predicted octanol–water partition coefficient (Wildman–Crippen LogP) is 2.58. The second kappa shape index (κ2) is 8.14. The molecule has 2 aromatic rings. The molecule has 0 bridgehead atoms. The summed E-state index contributed by atoms with van der Waals surface area (Å²) < 4.78 is 1.84. The Labute approximate surface area is 149 Å². The average Bonchev–Trinajstić information content (AvgIpc) is 3.09. The number of amides is 1. The number of hydrogen-bond acceptors (Lipinski definition) is 4. The Bertz CT molecular complexity index is 674. The van der Waals surface area contributed by atoms with Gasteiger partial charge in [0.25, 0.3) is 5.91 Å². The van der Waals surface area contributed by atoms with Crippen LogP contribution in [0.5, 0.6) is 0 Å². The van der Waals surface area contributed by atoms with Crippen LogP contribution in [0.25, 0.3) is 0 Å². The minimum absolute atomic E-state index is 0.0217. The van der Waals surface area contributed by atoms with E-state index in [0.717, 1.165) is 39.0 Å². The van der Waals surface area contributed by atoms with E-state index in [1.165, 1.54) is 5.69 Å². The van der Waals surface area contributed by atoms with Gasteiger partial charge in [-0.15, -0.1) is 0 Å². The Kier molecular flexibility index (Phi) is 5.68. The molecule has 0 saturated carbocycles. The maximum atomic E-state index is 12.3. The smallest absolute Gasteiger partial charge is 0.254 e. The lowest BCUT2D eigenvalue weighted by Gasteiger charge is -2.33. The third-order valence-corrected chi connectivity index (χ3v) is 4.64. The van der Waals surface area contributed by atoms with Crippen molar-refractivity contribution in [2.75, 3.05) is 24.5 Å². The van der Waals surface area contributed by atoms with E-state index >= 15 is 0 Å². The molecule has 1 fully saturated rings. The number of carbonyl (C=O) groups excluding carboxylic acids is 1. The van der Waals surface area contributed by atoms with Crippen molar-refractivity contribution >= 4 is 11.6 Å². The fourth-order valence-electron chi connectivity index (χ4n) is 3.24. The molecular formula is C19H27N5O. The van der Waals surface area contributed by atoms with Crippen LogP contribution in [-0.4, -0.2) is 40.3 Å². The molecule has 1 saturated heterocycles. The Morgan fingerprint density at radius 3 is 2.68 bits per heavy atom. The molecule has 0 spiro atoms. The van der Waals surface area contributed by atoms with Crippen LogP contribution in [0.3, 0.4) is 0 Å². The molecule has 6 heteroatoms. The molecule has 25 heavy (non-hydrogen) atoms. The van der Waals surface area contributed by atoms with E-state index in [9.17, 15) is 4.79 Å². The quantitative estimate of drug-likeness (QED) is 0.877. The van der Waals surface area contributed by atoms with Crippen molar-refractivity contribution in [1.82, 2.24) is 20.1 Å². The summed E-state index contributed by atoms with van der Waals surface area (Å²) in [5.41, 5.74) is 1.88. The molecule has 1 N–H and O–H groups in total. The van der Waals surface area contributed by atoms with E-state index in [2.05, 4.69) is 46.3 Å². The van der Waals surface area contributed by atoms with Crippen molar-refractivity contribution in [3.8, 4) is 0 Å². The van der Waals surface area contributed by atoms with Crippen molar-refractivity contribution in [3.63, 3.8) is 0 Å². The van der Waals surface area contributed by atoms with E-state index in [1.807, 2.05) is 23.3 Å². The zero-order valence-corrected chi connectivity index (χ0v) is 15.1. The summed E-state index contributed by atoms with van der Waals surface area (Å²) in [6.45, 7) is 7.90. The van der Waals surface area contributed by atoms with Crippen LogP contribution >= 0.6 is 0 Å².